The minimum atomic E-state index is -0.179. The average Bonchev–Trinajstić information content (AvgIpc) is 2.74. The summed E-state index contributed by atoms with van der Waals surface area (Å²) in [6.45, 7) is 0. The van der Waals surface area contributed by atoms with E-state index in [1.54, 1.807) is 55.7 Å². The second-order valence-corrected chi connectivity index (χ2v) is 7.28. The third-order valence-corrected chi connectivity index (χ3v) is 5.01. The number of methoxy groups -OCH3 is 1. The average molecular weight is 449 g/mol. The number of ether oxygens (including phenoxy) is 1. The van der Waals surface area contributed by atoms with E-state index in [-0.39, 0.29) is 11.3 Å². The Morgan fingerprint density at radius 1 is 1.03 bits per heavy atom. The van der Waals surface area contributed by atoms with Crippen LogP contribution in [0.3, 0.4) is 0 Å². The van der Waals surface area contributed by atoms with Crippen LogP contribution < -0.4 is 10.3 Å². The van der Waals surface area contributed by atoms with E-state index in [1.807, 2.05) is 30.3 Å². The van der Waals surface area contributed by atoms with E-state index in [1.165, 1.54) is 4.57 Å². The molecule has 5 nitrogen and oxygen atoms in total. The summed E-state index contributed by atoms with van der Waals surface area (Å²) in [5.41, 5.74) is 1.68. The van der Waals surface area contributed by atoms with Crippen molar-refractivity contribution in [3.05, 3.63) is 92.9 Å². The first-order valence-corrected chi connectivity index (χ1v) is 9.69. The molecule has 0 aliphatic carbocycles. The molecular formula is C23H17BrN2O3. The highest BCUT2D eigenvalue weighted by atomic mass is 79.9. The number of nitrogens with zero attached hydrogens (tertiary/aromatic N) is 2. The summed E-state index contributed by atoms with van der Waals surface area (Å²) >= 11 is 3.40. The second-order valence-electron chi connectivity index (χ2n) is 6.37. The number of halogens is 1. The predicted molar refractivity (Wildman–Crippen MR) is 119 cm³/mol. The molecule has 4 aromatic rings. The first-order valence-electron chi connectivity index (χ1n) is 8.89. The third-order valence-electron chi connectivity index (χ3n) is 4.51. The second kappa shape index (κ2) is 7.93. The molecule has 4 rings (SSSR count). The molecule has 3 aromatic carbocycles. The molecule has 1 heterocycles. The van der Waals surface area contributed by atoms with Gasteiger partial charge in [0.1, 0.15) is 17.3 Å². The summed E-state index contributed by atoms with van der Waals surface area (Å²) in [5, 5.41) is 10.6. The zero-order valence-corrected chi connectivity index (χ0v) is 17.1. The molecule has 0 unspecified atom stereocenters. The summed E-state index contributed by atoms with van der Waals surface area (Å²) in [5.74, 6) is 1.23. The van der Waals surface area contributed by atoms with Crippen molar-refractivity contribution < 1.29 is 9.84 Å². The molecule has 0 fully saturated rings. The molecule has 0 spiro atoms. The van der Waals surface area contributed by atoms with Gasteiger partial charge in [-0.3, -0.25) is 9.36 Å². The van der Waals surface area contributed by atoms with Crippen molar-refractivity contribution >= 4 is 39.0 Å². The minimum absolute atomic E-state index is 0.139. The zero-order valence-electron chi connectivity index (χ0n) is 15.5. The molecule has 0 aliphatic heterocycles. The number of hydrogen-bond acceptors (Lipinski definition) is 4. The maximum Gasteiger partial charge on any atom is 0.266 e. The molecule has 1 N–H and O–H groups in total. The van der Waals surface area contributed by atoms with Crippen LogP contribution >= 0.6 is 15.9 Å². The molecule has 144 valence electrons. The smallest absolute Gasteiger partial charge is 0.266 e. The fourth-order valence-corrected chi connectivity index (χ4v) is 3.46. The van der Waals surface area contributed by atoms with Gasteiger partial charge in [0.05, 0.1) is 23.7 Å². The Hall–Kier alpha value is -3.38. The fraction of sp³-hybridized carbons (Fsp3) is 0.0435. The highest BCUT2D eigenvalue weighted by Crippen LogP contribution is 2.24. The van der Waals surface area contributed by atoms with Crippen LogP contribution in [0.1, 0.15) is 11.4 Å². The maximum atomic E-state index is 13.3. The summed E-state index contributed by atoms with van der Waals surface area (Å²) in [6.07, 6.45) is 3.45. The fourth-order valence-electron chi connectivity index (χ4n) is 3.08. The summed E-state index contributed by atoms with van der Waals surface area (Å²) in [6, 6.07) is 19.6. The summed E-state index contributed by atoms with van der Waals surface area (Å²) in [7, 11) is 1.58. The Morgan fingerprint density at radius 3 is 2.69 bits per heavy atom. The van der Waals surface area contributed by atoms with Crippen LogP contribution in [0.25, 0.3) is 28.7 Å². The molecule has 0 saturated carbocycles. The molecular weight excluding hydrogens is 432 g/mol. The van der Waals surface area contributed by atoms with Crippen molar-refractivity contribution in [3.63, 3.8) is 0 Å². The lowest BCUT2D eigenvalue weighted by atomic mass is 10.1. The van der Waals surface area contributed by atoms with Crippen molar-refractivity contribution in [2.45, 2.75) is 0 Å². The lowest BCUT2D eigenvalue weighted by molar-refractivity contribution is 0.414. The minimum Gasteiger partial charge on any atom is -0.507 e. The first-order chi connectivity index (χ1) is 14.1. The quantitative estimate of drug-likeness (QED) is 0.475. The van der Waals surface area contributed by atoms with Gasteiger partial charge in [0.25, 0.3) is 5.56 Å². The zero-order chi connectivity index (χ0) is 20.4. The number of rotatable bonds is 4. The van der Waals surface area contributed by atoms with Crippen molar-refractivity contribution in [1.29, 1.82) is 0 Å². The normalized spacial score (nSPS) is 11.2. The van der Waals surface area contributed by atoms with Crippen molar-refractivity contribution in [3.8, 4) is 17.2 Å². The lowest BCUT2D eigenvalue weighted by Crippen LogP contribution is -2.22. The van der Waals surface area contributed by atoms with E-state index in [9.17, 15) is 9.90 Å². The van der Waals surface area contributed by atoms with Gasteiger partial charge in [0.2, 0.25) is 0 Å². The van der Waals surface area contributed by atoms with Gasteiger partial charge in [0.15, 0.2) is 0 Å². The summed E-state index contributed by atoms with van der Waals surface area (Å²) < 4.78 is 7.69. The van der Waals surface area contributed by atoms with E-state index < -0.39 is 0 Å². The third kappa shape index (κ3) is 3.79. The number of aromatic hydroxyl groups is 1. The van der Waals surface area contributed by atoms with Crippen molar-refractivity contribution in [2.24, 2.45) is 0 Å². The van der Waals surface area contributed by atoms with Crippen LogP contribution in [-0.4, -0.2) is 21.8 Å². The Labute approximate surface area is 175 Å². The number of fused-ring (bicyclic) bond motifs is 1. The largest absolute Gasteiger partial charge is 0.507 e. The van der Waals surface area contributed by atoms with E-state index in [0.29, 0.717) is 33.7 Å². The topological polar surface area (TPSA) is 64.3 Å². The van der Waals surface area contributed by atoms with Gasteiger partial charge >= 0.3 is 0 Å². The predicted octanol–water partition coefficient (Wildman–Crippen LogP) is 5.03. The van der Waals surface area contributed by atoms with E-state index in [4.69, 9.17) is 4.74 Å². The van der Waals surface area contributed by atoms with Crippen LogP contribution in [-0.2, 0) is 0 Å². The molecule has 0 aliphatic rings. The number of phenols is 1. The number of hydrogen-bond donors (Lipinski definition) is 1. The van der Waals surface area contributed by atoms with E-state index in [2.05, 4.69) is 20.9 Å². The monoisotopic (exact) mass is 448 g/mol. The van der Waals surface area contributed by atoms with Gasteiger partial charge in [0, 0.05) is 16.1 Å². The Bertz CT molecular complexity index is 1300. The highest BCUT2D eigenvalue weighted by molar-refractivity contribution is 9.10. The van der Waals surface area contributed by atoms with E-state index in [0.717, 1.165) is 4.47 Å². The number of phenolic OH excluding ortho intramolecular Hbond substituents is 1. The molecule has 0 radical (unpaired) electrons. The summed E-state index contributed by atoms with van der Waals surface area (Å²) in [4.78, 5) is 18.0. The van der Waals surface area contributed by atoms with Crippen LogP contribution in [0.2, 0.25) is 0 Å². The molecule has 6 heteroatoms. The van der Waals surface area contributed by atoms with Crippen LogP contribution in [0.5, 0.6) is 11.5 Å². The Balaban J connectivity index is 1.95. The number of benzene rings is 3. The van der Waals surface area contributed by atoms with Gasteiger partial charge in [-0.1, -0.05) is 34.1 Å². The van der Waals surface area contributed by atoms with Crippen molar-refractivity contribution in [1.82, 2.24) is 9.55 Å². The van der Waals surface area contributed by atoms with Gasteiger partial charge < -0.3 is 9.84 Å². The van der Waals surface area contributed by atoms with Gasteiger partial charge in [-0.25, -0.2) is 4.98 Å². The standard InChI is InChI=1S/C23H17BrN2O3/c1-29-18-6-4-5-17(14-18)26-22(12-9-15-13-16(24)10-11-21(15)27)25-20-8-3-2-7-19(20)23(26)28/h2-14,27H,1H3/b12-9+. The molecule has 0 amide bonds. The van der Waals surface area contributed by atoms with Gasteiger partial charge in [-0.05, 0) is 54.6 Å². The van der Waals surface area contributed by atoms with Crippen molar-refractivity contribution in [2.75, 3.05) is 7.11 Å². The molecule has 1 aromatic heterocycles. The molecule has 0 atom stereocenters. The first kappa shape index (κ1) is 19.0. The highest BCUT2D eigenvalue weighted by Gasteiger charge is 2.12. The lowest BCUT2D eigenvalue weighted by Gasteiger charge is -2.12. The maximum absolute atomic E-state index is 13.3. The SMILES string of the molecule is COc1cccc(-n2c(/C=C/c3cc(Br)ccc3O)nc3ccccc3c2=O)c1. The molecule has 0 bridgehead atoms. The van der Waals surface area contributed by atoms with Crippen LogP contribution in [0.4, 0.5) is 0 Å². The van der Waals surface area contributed by atoms with Crippen LogP contribution in [0, 0.1) is 0 Å². The van der Waals surface area contributed by atoms with Crippen LogP contribution in [0.15, 0.2) is 76.0 Å². The van der Waals surface area contributed by atoms with Gasteiger partial charge in [-0.2, -0.15) is 0 Å². The van der Waals surface area contributed by atoms with Gasteiger partial charge in [-0.15, -0.1) is 0 Å². The molecule has 0 saturated heterocycles. The Kier molecular flexibility index (Phi) is 5.18. The number of para-hydroxylation sites is 1. The Morgan fingerprint density at radius 2 is 1.86 bits per heavy atom. The number of aromatic nitrogens is 2. The van der Waals surface area contributed by atoms with E-state index >= 15 is 0 Å². The molecule has 29 heavy (non-hydrogen) atoms.